The normalized spacial score (nSPS) is 14.5. The van der Waals surface area contributed by atoms with E-state index in [1.54, 1.807) is 18.2 Å². The van der Waals surface area contributed by atoms with E-state index in [-0.39, 0.29) is 22.8 Å². The Morgan fingerprint density at radius 1 is 1.08 bits per heavy atom. The third-order valence-electron chi connectivity index (χ3n) is 6.47. The van der Waals surface area contributed by atoms with Crippen molar-refractivity contribution < 1.29 is 27.8 Å². The van der Waals surface area contributed by atoms with Crippen LogP contribution in [0.3, 0.4) is 0 Å². The molecule has 1 aliphatic heterocycles. The Labute approximate surface area is 224 Å². The molecule has 0 saturated carbocycles. The van der Waals surface area contributed by atoms with Crippen molar-refractivity contribution in [3.63, 3.8) is 0 Å². The van der Waals surface area contributed by atoms with Gasteiger partial charge in [0.25, 0.3) is 5.56 Å². The van der Waals surface area contributed by atoms with E-state index in [1.165, 1.54) is 45.0 Å². The van der Waals surface area contributed by atoms with Gasteiger partial charge >= 0.3 is 6.61 Å². The zero-order valence-corrected chi connectivity index (χ0v) is 21.7. The van der Waals surface area contributed by atoms with Gasteiger partial charge in [-0.15, -0.1) is 11.3 Å². The lowest BCUT2D eigenvalue weighted by molar-refractivity contribution is -0.0498. The maximum absolute atomic E-state index is 13.9. The molecule has 38 heavy (non-hydrogen) atoms. The van der Waals surface area contributed by atoms with Gasteiger partial charge in [0, 0.05) is 10.4 Å². The average Bonchev–Trinajstić information content (AvgIpc) is 3.30. The van der Waals surface area contributed by atoms with Crippen LogP contribution in [0.2, 0.25) is 0 Å². The second-order valence-electron chi connectivity index (χ2n) is 8.87. The average molecular weight is 557 g/mol. The van der Waals surface area contributed by atoms with E-state index in [4.69, 9.17) is 14.5 Å². The third-order valence-corrected chi connectivity index (χ3v) is 8.60. The number of benzene rings is 2. The lowest BCUT2D eigenvalue weighted by atomic mass is 9.97. The third kappa shape index (κ3) is 4.76. The molecule has 3 heterocycles. The lowest BCUT2D eigenvalue weighted by Gasteiger charge is -2.18. The number of alkyl halides is 2. The van der Waals surface area contributed by atoms with Gasteiger partial charge in [0.1, 0.15) is 23.8 Å². The summed E-state index contributed by atoms with van der Waals surface area (Å²) >= 11 is 2.69. The summed E-state index contributed by atoms with van der Waals surface area (Å²) in [6, 6.07) is 10.9. The number of Topliss-reactive ketones (excluding diaryl/α,β-unsaturated/α-hetero) is 1. The molecular weight excluding hydrogens is 534 g/mol. The van der Waals surface area contributed by atoms with Crippen molar-refractivity contribution in [2.75, 3.05) is 19.0 Å². The Bertz CT molecular complexity index is 1580. The van der Waals surface area contributed by atoms with Crippen LogP contribution in [-0.2, 0) is 12.8 Å². The van der Waals surface area contributed by atoms with E-state index in [1.807, 2.05) is 0 Å². The monoisotopic (exact) mass is 556 g/mol. The first-order valence-corrected chi connectivity index (χ1v) is 14.0. The summed E-state index contributed by atoms with van der Waals surface area (Å²) in [6.07, 6.45) is 3.83. The van der Waals surface area contributed by atoms with Gasteiger partial charge in [0.05, 0.1) is 16.8 Å². The maximum atomic E-state index is 13.9. The number of nitrogens with zero attached hydrogens (tertiary/aromatic N) is 2. The molecule has 0 bridgehead atoms. The van der Waals surface area contributed by atoms with Gasteiger partial charge in [-0.1, -0.05) is 11.8 Å². The first-order valence-electron chi connectivity index (χ1n) is 12.2. The van der Waals surface area contributed by atoms with Crippen molar-refractivity contribution in [3.8, 4) is 22.9 Å². The number of thioether (sulfide) groups is 1. The number of aromatic nitrogens is 2. The maximum Gasteiger partial charge on any atom is 0.387 e. The Morgan fingerprint density at radius 2 is 1.84 bits per heavy atom. The van der Waals surface area contributed by atoms with E-state index in [2.05, 4.69) is 4.74 Å². The molecule has 2 aromatic carbocycles. The highest BCUT2D eigenvalue weighted by molar-refractivity contribution is 7.99. The van der Waals surface area contributed by atoms with Crippen molar-refractivity contribution in [2.45, 2.75) is 37.5 Å². The van der Waals surface area contributed by atoms with Crippen LogP contribution in [0.5, 0.6) is 17.2 Å². The van der Waals surface area contributed by atoms with Crippen molar-refractivity contribution in [3.05, 3.63) is 68.8 Å². The van der Waals surface area contributed by atoms with Gasteiger partial charge in [-0.25, -0.2) is 4.98 Å². The van der Waals surface area contributed by atoms with Gasteiger partial charge in [0.2, 0.25) is 0 Å². The van der Waals surface area contributed by atoms with Gasteiger partial charge in [-0.05, 0) is 73.7 Å². The van der Waals surface area contributed by atoms with Crippen LogP contribution >= 0.6 is 23.1 Å². The van der Waals surface area contributed by atoms with E-state index in [0.29, 0.717) is 51.3 Å². The largest absolute Gasteiger partial charge is 0.486 e. The molecule has 7 nitrogen and oxygen atoms in total. The van der Waals surface area contributed by atoms with E-state index in [0.717, 1.165) is 43.0 Å². The molecule has 196 valence electrons. The smallest absolute Gasteiger partial charge is 0.387 e. The van der Waals surface area contributed by atoms with Crippen LogP contribution in [0, 0.1) is 0 Å². The molecule has 0 fully saturated rings. The molecule has 1 aliphatic carbocycles. The number of hydrogen-bond donors (Lipinski definition) is 0. The molecule has 0 atom stereocenters. The first-order chi connectivity index (χ1) is 18.5. The molecule has 6 rings (SSSR count). The van der Waals surface area contributed by atoms with E-state index < -0.39 is 6.61 Å². The van der Waals surface area contributed by atoms with Gasteiger partial charge in [-0.3, -0.25) is 14.2 Å². The molecule has 11 heteroatoms. The zero-order valence-electron chi connectivity index (χ0n) is 20.1. The van der Waals surface area contributed by atoms with Crippen LogP contribution in [0.4, 0.5) is 8.78 Å². The topological polar surface area (TPSA) is 79.7 Å². The highest BCUT2D eigenvalue weighted by Crippen LogP contribution is 2.36. The lowest BCUT2D eigenvalue weighted by Crippen LogP contribution is -2.22. The van der Waals surface area contributed by atoms with Gasteiger partial charge < -0.3 is 14.2 Å². The van der Waals surface area contributed by atoms with E-state index in [9.17, 15) is 18.4 Å². The number of halogens is 2. The zero-order chi connectivity index (χ0) is 26.2. The molecule has 0 radical (unpaired) electrons. The first kappa shape index (κ1) is 24.9. The Morgan fingerprint density at radius 3 is 2.63 bits per heavy atom. The number of ketones is 1. The summed E-state index contributed by atoms with van der Waals surface area (Å²) in [5.74, 6) is 0.997. The second-order valence-corrected chi connectivity index (χ2v) is 10.9. The van der Waals surface area contributed by atoms with Crippen LogP contribution < -0.4 is 19.8 Å². The van der Waals surface area contributed by atoms with Crippen LogP contribution in [0.1, 0.15) is 33.6 Å². The minimum Gasteiger partial charge on any atom is -0.486 e. The molecule has 0 N–H and O–H groups in total. The number of fused-ring (bicyclic) bond motifs is 4. The molecule has 0 saturated heterocycles. The summed E-state index contributed by atoms with van der Waals surface area (Å²) in [5, 5.41) is 0.953. The quantitative estimate of drug-likeness (QED) is 0.165. The summed E-state index contributed by atoms with van der Waals surface area (Å²) in [7, 11) is 0. The number of hydrogen-bond acceptors (Lipinski definition) is 8. The minimum absolute atomic E-state index is 0.0123. The molecule has 2 aromatic heterocycles. The fourth-order valence-corrected chi connectivity index (χ4v) is 6.93. The number of ether oxygens (including phenoxy) is 3. The standard InChI is InChI=1S/C27H22F2N2O5S2/c28-26(29)36-17-8-6-16(7-9-17)31-25(33)23-18-3-1-2-4-22(18)38-24(23)30-27(31)37-14-19(32)15-5-10-20-21(13-15)35-12-11-34-20/h5-10,13,26H,1-4,11-12,14H2. The van der Waals surface area contributed by atoms with Crippen LogP contribution in [0.15, 0.2) is 52.4 Å². The summed E-state index contributed by atoms with van der Waals surface area (Å²) in [5.41, 5.74) is 1.74. The van der Waals surface area contributed by atoms with Crippen molar-refractivity contribution >= 4 is 39.1 Å². The predicted molar refractivity (Wildman–Crippen MR) is 141 cm³/mol. The Hall–Kier alpha value is -3.44. The summed E-state index contributed by atoms with van der Waals surface area (Å²) in [4.78, 5) is 33.6. The van der Waals surface area contributed by atoms with E-state index >= 15 is 0 Å². The summed E-state index contributed by atoms with van der Waals surface area (Å²) in [6.45, 7) is -2.07. The number of thiophene rings is 1. The predicted octanol–water partition coefficient (Wildman–Crippen LogP) is 5.67. The highest BCUT2D eigenvalue weighted by Gasteiger charge is 2.24. The Balaban J connectivity index is 1.37. The van der Waals surface area contributed by atoms with Crippen molar-refractivity contribution in [2.24, 2.45) is 0 Å². The van der Waals surface area contributed by atoms with Crippen molar-refractivity contribution in [1.82, 2.24) is 9.55 Å². The molecule has 0 amide bonds. The number of carbonyl (C=O) groups is 1. The summed E-state index contributed by atoms with van der Waals surface area (Å²) < 4.78 is 42.3. The van der Waals surface area contributed by atoms with Gasteiger partial charge in [-0.2, -0.15) is 8.78 Å². The molecule has 4 aromatic rings. The SMILES string of the molecule is O=C(CSc1nc2sc3c(c2c(=O)n1-c1ccc(OC(F)F)cc1)CCCC3)c1ccc2c(c1)OCCO2. The molecule has 2 aliphatic rings. The number of rotatable bonds is 7. The Kier molecular flexibility index (Phi) is 6.79. The number of aryl methyl sites for hydroxylation is 2. The van der Waals surface area contributed by atoms with Gasteiger partial charge in [0.15, 0.2) is 22.4 Å². The fourth-order valence-electron chi connectivity index (χ4n) is 4.72. The van der Waals surface area contributed by atoms with Crippen molar-refractivity contribution in [1.29, 1.82) is 0 Å². The second kappa shape index (κ2) is 10.4. The van der Waals surface area contributed by atoms with Crippen LogP contribution in [-0.4, -0.2) is 40.9 Å². The molecule has 0 unspecified atom stereocenters. The molecular formula is C27H22F2N2O5S2. The van der Waals surface area contributed by atoms with Crippen LogP contribution in [0.25, 0.3) is 15.9 Å². The number of carbonyl (C=O) groups excluding carboxylic acids is 1. The fraction of sp³-hybridized carbons (Fsp3) is 0.296. The highest BCUT2D eigenvalue weighted by atomic mass is 32.2. The molecule has 0 spiro atoms. The minimum atomic E-state index is -2.95.